The lowest BCUT2D eigenvalue weighted by molar-refractivity contribution is 0.122. The van der Waals surface area contributed by atoms with Crippen molar-refractivity contribution < 1.29 is 13.5 Å². The highest BCUT2D eigenvalue weighted by Gasteiger charge is 2.33. The molecule has 4 heterocycles. The molecular weight excluding hydrogens is 380 g/mol. The molecule has 1 aromatic carbocycles. The predicted molar refractivity (Wildman–Crippen MR) is 101 cm³/mol. The first kappa shape index (κ1) is 17.2. The number of benzene rings is 1. The molecule has 0 spiro atoms. The summed E-state index contributed by atoms with van der Waals surface area (Å²) >= 11 is 0. The average Bonchev–Trinajstić information content (AvgIpc) is 3.19. The summed E-state index contributed by atoms with van der Waals surface area (Å²) in [5.74, 6) is 0.708. The molecule has 28 heavy (non-hydrogen) atoms. The minimum absolute atomic E-state index is 0.104. The third kappa shape index (κ3) is 2.65. The Morgan fingerprint density at radius 3 is 2.61 bits per heavy atom. The summed E-state index contributed by atoms with van der Waals surface area (Å²) in [6.07, 6.45) is 2.86. The third-order valence-electron chi connectivity index (χ3n) is 4.73. The summed E-state index contributed by atoms with van der Waals surface area (Å²) in [7, 11) is -3.88. The molecule has 1 unspecified atom stereocenters. The maximum atomic E-state index is 13.1. The normalized spacial score (nSPS) is 17.1. The van der Waals surface area contributed by atoms with Crippen LogP contribution in [0.25, 0.3) is 16.6 Å². The zero-order valence-electron chi connectivity index (χ0n) is 14.8. The third-order valence-corrected chi connectivity index (χ3v) is 6.39. The van der Waals surface area contributed by atoms with E-state index in [1.165, 1.54) is 29.0 Å². The van der Waals surface area contributed by atoms with Crippen LogP contribution in [0.15, 0.2) is 58.7 Å². The Kier molecular flexibility index (Phi) is 4.04. The van der Waals surface area contributed by atoms with Crippen molar-refractivity contribution in [2.45, 2.75) is 9.92 Å². The molecule has 10 heteroatoms. The van der Waals surface area contributed by atoms with Crippen molar-refractivity contribution in [3.63, 3.8) is 0 Å². The van der Waals surface area contributed by atoms with Gasteiger partial charge in [-0.05, 0) is 12.1 Å². The van der Waals surface area contributed by atoms with Crippen LogP contribution in [0.4, 0.5) is 5.82 Å². The number of fused-ring (bicyclic) bond motifs is 3. The minimum Gasteiger partial charge on any atom is -0.604 e. The van der Waals surface area contributed by atoms with Gasteiger partial charge >= 0.3 is 5.03 Å². The van der Waals surface area contributed by atoms with Gasteiger partial charge < -0.3 is 14.2 Å². The molecule has 1 fully saturated rings. The van der Waals surface area contributed by atoms with Crippen LogP contribution < -0.4 is 4.90 Å². The van der Waals surface area contributed by atoms with Crippen molar-refractivity contribution >= 4 is 32.6 Å². The van der Waals surface area contributed by atoms with Gasteiger partial charge in [-0.2, -0.15) is 4.52 Å². The van der Waals surface area contributed by atoms with E-state index in [1.807, 2.05) is 24.3 Å². The number of anilines is 1. The van der Waals surface area contributed by atoms with Gasteiger partial charge in [0.05, 0.1) is 18.7 Å². The summed E-state index contributed by atoms with van der Waals surface area (Å²) in [6.45, 7) is 2.56. The molecule has 9 nitrogen and oxygen atoms in total. The van der Waals surface area contributed by atoms with Crippen LogP contribution in [0.2, 0.25) is 0 Å². The molecule has 0 aliphatic carbocycles. The Hall–Kier alpha value is -2.95. The first-order valence-corrected chi connectivity index (χ1v) is 10.3. The zero-order chi connectivity index (χ0) is 19.1. The molecule has 1 atom stereocenters. The van der Waals surface area contributed by atoms with Crippen LogP contribution in [-0.2, 0) is 19.2 Å². The lowest BCUT2D eigenvalue weighted by Gasteiger charge is -2.28. The Labute approximate surface area is 161 Å². The van der Waals surface area contributed by atoms with Crippen molar-refractivity contribution in [1.29, 1.82) is 0 Å². The van der Waals surface area contributed by atoms with Crippen LogP contribution in [0.5, 0.6) is 0 Å². The first-order valence-electron chi connectivity index (χ1n) is 8.78. The Balaban J connectivity index is 1.77. The molecule has 0 amide bonds. The minimum atomic E-state index is -3.88. The Bertz CT molecular complexity index is 1210. The van der Waals surface area contributed by atoms with Gasteiger partial charge in [0.25, 0.3) is 0 Å². The smallest absolute Gasteiger partial charge is 0.317 e. The van der Waals surface area contributed by atoms with E-state index in [1.54, 1.807) is 0 Å². The molecule has 5 rings (SSSR count). The SMILES string of the molecule is O=[S+]([O-])(c1ccncc1)c1nnn2c1nc(N1CCOCC1)c1ccccc12. The molecule has 1 aliphatic rings. The quantitative estimate of drug-likeness (QED) is 0.480. The van der Waals surface area contributed by atoms with Gasteiger partial charge in [0.15, 0.2) is 4.90 Å². The van der Waals surface area contributed by atoms with Crippen molar-refractivity contribution in [2.75, 3.05) is 31.2 Å². The number of morpholine rings is 1. The summed E-state index contributed by atoms with van der Waals surface area (Å²) in [6, 6.07) is 10.5. The fourth-order valence-electron chi connectivity index (χ4n) is 3.35. The number of ether oxygens (including phenoxy) is 1. The monoisotopic (exact) mass is 396 g/mol. The van der Waals surface area contributed by atoms with Gasteiger partial charge in [0.1, 0.15) is 16.0 Å². The van der Waals surface area contributed by atoms with E-state index in [0.29, 0.717) is 32.1 Å². The number of rotatable bonds is 3. The topological polar surface area (TPSA) is 109 Å². The van der Waals surface area contributed by atoms with E-state index in [4.69, 9.17) is 9.72 Å². The highest BCUT2D eigenvalue weighted by molar-refractivity contribution is 7.97. The number of sulfone groups is 1. The first-order chi connectivity index (χ1) is 13.7. The van der Waals surface area contributed by atoms with E-state index >= 15 is 0 Å². The fraction of sp³-hybridized carbons (Fsp3) is 0.222. The van der Waals surface area contributed by atoms with Crippen molar-refractivity contribution in [3.8, 4) is 0 Å². The molecule has 0 radical (unpaired) electrons. The molecule has 1 aliphatic heterocycles. The van der Waals surface area contributed by atoms with Gasteiger partial charge in [-0.15, -0.1) is 0 Å². The zero-order valence-corrected chi connectivity index (χ0v) is 15.6. The molecule has 142 valence electrons. The molecule has 0 N–H and O–H groups in total. The van der Waals surface area contributed by atoms with E-state index in [9.17, 15) is 8.76 Å². The lowest BCUT2D eigenvalue weighted by atomic mass is 10.2. The van der Waals surface area contributed by atoms with Crippen LogP contribution >= 0.6 is 0 Å². The van der Waals surface area contributed by atoms with Crippen LogP contribution in [0.3, 0.4) is 0 Å². The standard InChI is InChI=1S/C18H16N6O3S/c25-28(26,13-5-7-19-8-6-13)18-17-20-16(23-9-11-27-12-10-23)14-3-1-2-4-15(14)24(17)22-21-18/h1-8H,9-12H2. The number of hydrogen-bond acceptors (Lipinski definition) is 8. The van der Waals surface area contributed by atoms with Gasteiger partial charge in [0, 0.05) is 43.0 Å². The number of pyridine rings is 1. The van der Waals surface area contributed by atoms with Crippen LogP contribution in [0, 0.1) is 0 Å². The average molecular weight is 396 g/mol. The highest BCUT2D eigenvalue weighted by Crippen LogP contribution is 2.31. The van der Waals surface area contributed by atoms with Gasteiger partial charge in [-0.1, -0.05) is 26.7 Å². The van der Waals surface area contributed by atoms with Crippen LogP contribution in [0.1, 0.15) is 0 Å². The Morgan fingerprint density at radius 1 is 1.07 bits per heavy atom. The van der Waals surface area contributed by atoms with E-state index in [-0.39, 0.29) is 15.6 Å². The second kappa shape index (κ2) is 6.59. The number of para-hydroxylation sites is 1. The van der Waals surface area contributed by atoms with Crippen molar-refractivity contribution in [3.05, 3.63) is 48.8 Å². The predicted octanol–water partition coefficient (Wildman–Crippen LogP) is 1.56. The number of hydrogen-bond donors (Lipinski definition) is 0. The summed E-state index contributed by atoms with van der Waals surface area (Å²) in [4.78, 5) is 10.8. The largest absolute Gasteiger partial charge is 0.604 e. The summed E-state index contributed by atoms with van der Waals surface area (Å²) in [5, 5.41) is 8.79. The molecule has 4 aromatic rings. The maximum absolute atomic E-state index is 13.1. The summed E-state index contributed by atoms with van der Waals surface area (Å²) in [5.41, 5.74) is 0.953. The fourth-order valence-corrected chi connectivity index (χ4v) is 4.57. The second-order valence-corrected chi connectivity index (χ2v) is 8.23. The molecular formula is C18H16N6O3S. The van der Waals surface area contributed by atoms with Gasteiger partial charge in [-0.25, -0.2) is 4.98 Å². The van der Waals surface area contributed by atoms with Crippen molar-refractivity contribution in [2.24, 2.45) is 0 Å². The molecule has 3 aromatic heterocycles. The van der Waals surface area contributed by atoms with E-state index in [2.05, 4.69) is 20.2 Å². The van der Waals surface area contributed by atoms with E-state index < -0.39 is 10.2 Å². The van der Waals surface area contributed by atoms with E-state index in [0.717, 1.165) is 10.9 Å². The van der Waals surface area contributed by atoms with Gasteiger partial charge in [-0.3, -0.25) is 4.98 Å². The molecule has 1 saturated heterocycles. The van der Waals surface area contributed by atoms with Gasteiger partial charge in [0.2, 0.25) is 5.65 Å². The lowest BCUT2D eigenvalue weighted by Crippen LogP contribution is -2.37. The summed E-state index contributed by atoms with van der Waals surface area (Å²) < 4.78 is 33.2. The maximum Gasteiger partial charge on any atom is 0.317 e. The number of aromatic nitrogens is 5. The van der Waals surface area contributed by atoms with Crippen LogP contribution in [-0.4, -0.2) is 55.7 Å². The highest BCUT2D eigenvalue weighted by atomic mass is 32.3. The Morgan fingerprint density at radius 2 is 1.82 bits per heavy atom. The molecule has 0 bridgehead atoms. The second-order valence-electron chi connectivity index (χ2n) is 6.37. The van der Waals surface area contributed by atoms with Crippen molar-refractivity contribution in [1.82, 2.24) is 24.8 Å². The molecule has 0 saturated carbocycles. The number of nitrogens with zero attached hydrogens (tertiary/aromatic N) is 6.